The molecule has 0 spiro atoms. The summed E-state index contributed by atoms with van der Waals surface area (Å²) in [5.41, 5.74) is 2.44. The number of carboxylic acids is 1. The number of carbonyl (C=O) groups excluding carboxylic acids is 3. The molecule has 0 aliphatic carbocycles. The largest absolute Gasteiger partial charge is 0.481 e. The van der Waals surface area contributed by atoms with Gasteiger partial charge in [0.25, 0.3) is 0 Å². The lowest BCUT2D eigenvalue weighted by atomic mass is 10.0. The van der Waals surface area contributed by atoms with Gasteiger partial charge in [0, 0.05) is 29.1 Å². The average molecular weight is 788 g/mol. The highest BCUT2D eigenvalue weighted by molar-refractivity contribution is 6.09. The first-order valence-electron chi connectivity index (χ1n) is 20.2. The molecule has 3 amide bonds. The summed E-state index contributed by atoms with van der Waals surface area (Å²) in [5.74, 6) is -2.06. The Morgan fingerprint density at radius 3 is 1.96 bits per heavy atom. The number of amides is 3. The van der Waals surface area contributed by atoms with Gasteiger partial charge in [0.1, 0.15) is 24.9 Å². The fourth-order valence-electron chi connectivity index (χ4n) is 7.05. The maximum Gasteiger partial charge on any atom is 0.411 e. The Morgan fingerprint density at radius 2 is 1.32 bits per heavy atom. The van der Waals surface area contributed by atoms with Crippen LogP contribution in [0.15, 0.2) is 78.9 Å². The molecule has 5 rings (SSSR count). The molecule has 2 fully saturated rings. The van der Waals surface area contributed by atoms with Crippen LogP contribution in [-0.4, -0.2) is 78.6 Å². The minimum absolute atomic E-state index is 0.143. The third-order valence-electron chi connectivity index (χ3n) is 9.93. The summed E-state index contributed by atoms with van der Waals surface area (Å²) in [7, 11) is 0. The van der Waals surface area contributed by atoms with Crippen molar-refractivity contribution in [2.75, 3.05) is 23.8 Å². The molecule has 5 atom stereocenters. The number of carbonyl (C=O) groups is 4. The van der Waals surface area contributed by atoms with Gasteiger partial charge in [-0.05, 0) is 62.2 Å². The van der Waals surface area contributed by atoms with Gasteiger partial charge in [-0.1, -0.05) is 107 Å². The highest BCUT2D eigenvalue weighted by Gasteiger charge is 2.58. The number of unbranched alkanes of at least 4 members (excludes halogenated alkanes) is 9. The number of rotatable bonds is 22. The van der Waals surface area contributed by atoms with Crippen LogP contribution >= 0.6 is 0 Å². The predicted octanol–water partition coefficient (Wildman–Crippen LogP) is 8.47. The second-order valence-corrected chi connectivity index (χ2v) is 15.1. The zero-order chi connectivity index (χ0) is 40.6. The van der Waals surface area contributed by atoms with Crippen LogP contribution < -0.4 is 16.0 Å². The summed E-state index contributed by atoms with van der Waals surface area (Å²) in [6.07, 6.45) is 8.19. The summed E-state index contributed by atoms with van der Waals surface area (Å²) in [4.78, 5) is 50.4. The summed E-state index contributed by atoms with van der Waals surface area (Å²) < 4.78 is 30.8. The number of hydrogen-bond donors (Lipinski definition) is 4. The van der Waals surface area contributed by atoms with Crippen molar-refractivity contribution in [3.05, 3.63) is 95.6 Å². The van der Waals surface area contributed by atoms with Crippen LogP contribution in [0.25, 0.3) is 0 Å². The van der Waals surface area contributed by atoms with Gasteiger partial charge in [-0.2, -0.15) is 0 Å². The molecule has 2 aliphatic rings. The predicted molar refractivity (Wildman–Crippen MR) is 215 cm³/mol. The van der Waals surface area contributed by atoms with Crippen molar-refractivity contribution in [1.29, 1.82) is 0 Å². The van der Waals surface area contributed by atoms with Crippen LogP contribution in [0.3, 0.4) is 0 Å². The lowest BCUT2D eigenvalue weighted by Crippen LogP contribution is -2.52. The van der Waals surface area contributed by atoms with E-state index in [1.54, 1.807) is 86.6 Å². The van der Waals surface area contributed by atoms with Gasteiger partial charge in [-0.25, -0.2) is 9.59 Å². The molecule has 308 valence electrons. The quantitative estimate of drug-likeness (QED) is 0.0572. The minimum Gasteiger partial charge on any atom is -0.481 e. The number of carboxylic acid groups (broad SMARTS) is 1. The van der Waals surface area contributed by atoms with E-state index in [2.05, 4.69) is 22.9 Å². The zero-order valence-corrected chi connectivity index (χ0v) is 33.2. The van der Waals surface area contributed by atoms with Crippen molar-refractivity contribution >= 4 is 35.3 Å². The summed E-state index contributed by atoms with van der Waals surface area (Å²) in [5, 5.41) is 17.4. The molecule has 3 aromatic rings. The normalized spacial score (nSPS) is 20.0. The molecule has 2 saturated heterocycles. The van der Waals surface area contributed by atoms with Crippen LogP contribution in [0.2, 0.25) is 0 Å². The minimum atomic E-state index is -0.961. The van der Waals surface area contributed by atoms with Crippen LogP contribution in [0, 0.1) is 0 Å². The van der Waals surface area contributed by atoms with Gasteiger partial charge in [0.15, 0.2) is 17.9 Å². The van der Waals surface area contributed by atoms with Crippen molar-refractivity contribution in [3.63, 3.8) is 0 Å². The number of nitrogens with one attached hydrogen (secondary N) is 3. The third-order valence-corrected chi connectivity index (χ3v) is 9.93. The molecule has 13 nitrogen and oxygen atoms in total. The first-order valence-corrected chi connectivity index (χ1v) is 20.2. The molecule has 13 heteroatoms. The van der Waals surface area contributed by atoms with Gasteiger partial charge < -0.3 is 39.4 Å². The van der Waals surface area contributed by atoms with E-state index in [4.69, 9.17) is 28.8 Å². The maximum absolute atomic E-state index is 13.4. The van der Waals surface area contributed by atoms with E-state index in [0.717, 1.165) is 19.3 Å². The standard InChI is InChI=1S/C44H57N3O10/c1-4-5-6-7-8-9-10-11-12-16-27-53-41-40-39(56-44(2,3)57-40)38(55-41)35(47-42(51)45-33-23-19-30(20-24-33)28-36(48)49)29-54-43(52)46-34-25-21-32(22-26-34)37(50)31-17-14-13-15-18-31/h13-15,17-26,35,38-41H,4-12,16,27-29H2,1-3H3,(H,46,52)(H,48,49)(H2,45,47,51)/t35-,38+,39-,40-,41-/m0/s1. The van der Waals surface area contributed by atoms with Gasteiger partial charge in [0.05, 0.1) is 12.5 Å². The smallest absolute Gasteiger partial charge is 0.411 e. The Morgan fingerprint density at radius 1 is 0.737 bits per heavy atom. The Balaban J connectivity index is 1.20. The monoisotopic (exact) mass is 787 g/mol. The maximum atomic E-state index is 13.4. The number of ketones is 1. The lowest BCUT2D eigenvalue weighted by molar-refractivity contribution is -0.236. The fraction of sp³-hybridized carbons (Fsp3) is 0.500. The van der Waals surface area contributed by atoms with Crippen LogP contribution in [0.5, 0.6) is 0 Å². The topological polar surface area (TPSA) is 171 Å². The first kappa shape index (κ1) is 43.3. The fourth-order valence-corrected chi connectivity index (χ4v) is 7.05. The summed E-state index contributed by atoms with van der Waals surface area (Å²) >= 11 is 0. The Labute approximate surface area is 335 Å². The molecule has 2 aliphatic heterocycles. The molecule has 3 aromatic carbocycles. The second kappa shape index (κ2) is 21.6. The Hall–Kier alpha value is -4.82. The summed E-state index contributed by atoms with van der Waals surface area (Å²) in [6, 6.07) is 20.3. The van der Waals surface area contributed by atoms with Crippen LogP contribution in [0.1, 0.15) is 106 Å². The van der Waals surface area contributed by atoms with Gasteiger partial charge in [-0.15, -0.1) is 0 Å². The van der Waals surface area contributed by atoms with E-state index in [0.29, 0.717) is 34.7 Å². The Kier molecular flexibility index (Phi) is 16.4. The highest BCUT2D eigenvalue weighted by atomic mass is 16.8. The van der Waals surface area contributed by atoms with Crippen molar-refractivity contribution in [2.45, 2.75) is 128 Å². The number of anilines is 2. The molecule has 4 N–H and O–H groups in total. The van der Waals surface area contributed by atoms with Crippen molar-refractivity contribution in [1.82, 2.24) is 5.32 Å². The van der Waals surface area contributed by atoms with E-state index in [9.17, 15) is 19.2 Å². The molecular weight excluding hydrogens is 730 g/mol. The number of urea groups is 1. The molecule has 0 aromatic heterocycles. The summed E-state index contributed by atoms with van der Waals surface area (Å²) in [6.45, 7) is 5.99. The van der Waals surface area contributed by atoms with E-state index in [1.165, 1.54) is 44.9 Å². The SMILES string of the molecule is CCCCCCCCCCCCO[C@H]1O[C@H]([C@H](COC(=O)Nc2ccc(C(=O)c3ccccc3)cc2)NC(=O)Nc2ccc(CC(=O)O)cc2)[C@@H]2OC(C)(C)O[C@H]12. The average Bonchev–Trinajstić information content (AvgIpc) is 3.68. The Bertz CT molecular complexity index is 1740. The number of hydrogen-bond acceptors (Lipinski definition) is 9. The van der Waals surface area contributed by atoms with E-state index >= 15 is 0 Å². The molecular formula is C44H57N3O10. The molecule has 2 heterocycles. The molecule has 0 radical (unpaired) electrons. The third kappa shape index (κ3) is 13.7. The first-order chi connectivity index (χ1) is 27.5. The van der Waals surface area contributed by atoms with Gasteiger partial charge >= 0.3 is 18.1 Å². The number of ether oxygens (including phenoxy) is 5. The van der Waals surface area contributed by atoms with Crippen molar-refractivity contribution in [2.24, 2.45) is 0 Å². The zero-order valence-electron chi connectivity index (χ0n) is 33.2. The van der Waals surface area contributed by atoms with Gasteiger partial charge in [0.2, 0.25) is 0 Å². The van der Waals surface area contributed by atoms with Crippen molar-refractivity contribution in [3.8, 4) is 0 Å². The van der Waals surface area contributed by atoms with E-state index in [-0.39, 0.29) is 18.8 Å². The lowest BCUT2D eigenvalue weighted by Gasteiger charge is -2.29. The van der Waals surface area contributed by atoms with Crippen LogP contribution in [-0.2, 0) is 34.9 Å². The number of fused-ring (bicyclic) bond motifs is 1. The van der Waals surface area contributed by atoms with Gasteiger partial charge in [-0.3, -0.25) is 14.9 Å². The van der Waals surface area contributed by atoms with Crippen LogP contribution in [0.4, 0.5) is 21.0 Å². The van der Waals surface area contributed by atoms with Crippen molar-refractivity contribution < 1.29 is 48.0 Å². The number of aliphatic carboxylic acids is 1. The molecule has 57 heavy (non-hydrogen) atoms. The number of benzene rings is 3. The molecule has 0 unspecified atom stereocenters. The highest BCUT2D eigenvalue weighted by Crippen LogP contribution is 2.40. The second-order valence-electron chi connectivity index (χ2n) is 15.1. The van der Waals surface area contributed by atoms with E-state index in [1.807, 2.05) is 6.07 Å². The molecule has 0 bridgehead atoms. The van der Waals surface area contributed by atoms with E-state index < -0.39 is 54.5 Å². The molecule has 0 saturated carbocycles.